The van der Waals surface area contributed by atoms with Crippen LogP contribution in [-0.2, 0) is 12.8 Å². The zero-order chi connectivity index (χ0) is 16.6. The zero-order valence-corrected chi connectivity index (χ0v) is 13.1. The van der Waals surface area contributed by atoms with Crippen molar-refractivity contribution in [3.63, 3.8) is 0 Å². The van der Waals surface area contributed by atoms with Gasteiger partial charge < -0.3 is 0 Å². The summed E-state index contributed by atoms with van der Waals surface area (Å²) in [6.07, 6.45) is 0.501. The minimum atomic E-state index is -1.26. The van der Waals surface area contributed by atoms with E-state index in [2.05, 4.69) is 4.98 Å². The SMILES string of the molecule is N#CCc1cc(Cl)cc(Cc2nc3c(F)c(F)cc(F)c3s2)c1. The lowest BCUT2D eigenvalue weighted by Crippen LogP contribution is -1.91. The largest absolute Gasteiger partial charge is 0.238 e. The van der Waals surface area contributed by atoms with Crippen LogP contribution >= 0.6 is 22.9 Å². The van der Waals surface area contributed by atoms with Gasteiger partial charge in [-0.1, -0.05) is 17.7 Å². The van der Waals surface area contributed by atoms with Crippen LogP contribution in [0, 0.1) is 28.8 Å². The van der Waals surface area contributed by atoms with Gasteiger partial charge in [0.1, 0.15) is 11.3 Å². The standard InChI is InChI=1S/C16H8ClF3N2S/c17-10-4-8(1-2-21)3-9(5-10)6-13-22-15-14(20)11(18)7-12(19)16(15)23-13/h3-5,7H,1,6H2. The topological polar surface area (TPSA) is 36.7 Å². The Kier molecular flexibility index (Phi) is 4.24. The van der Waals surface area contributed by atoms with Crippen molar-refractivity contribution in [2.24, 2.45) is 0 Å². The molecule has 23 heavy (non-hydrogen) atoms. The molecule has 0 bridgehead atoms. The van der Waals surface area contributed by atoms with Crippen LogP contribution in [-0.4, -0.2) is 4.98 Å². The quantitative estimate of drug-likeness (QED) is 0.620. The van der Waals surface area contributed by atoms with E-state index in [0.29, 0.717) is 22.5 Å². The monoisotopic (exact) mass is 352 g/mol. The fourth-order valence-electron chi connectivity index (χ4n) is 2.29. The van der Waals surface area contributed by atoms with E-state index in [1.807, 2.05) is 6.07 Å². The molecule has 0 atom stereocenters. The fraction of sp³-hybridized carbons (Fsp3) is 0.125. The number of nitriles is 1. The van der Waals surface area contributed by atoms with Gasteiger partial charge in [0.05, 0.1) is 22.2 Å². The third-order valence-electron chi connectivity index (χ3n) is 3.22. The Hall–Kier alpha value is -2.10. The predicted molar refractivity (Wildman–Crippen MR) is 83.1 cm³/mol. The zero-order valence-electron chi connectivity index (χ0n) is 11.5. The van der Waals surface area contributed by atoms with Crippen LogP contribution < -0.4 is 0 Å². The highest BCUT2D eigenvalue weighted by atomic mass is 35.5. The summed E-state index contributed by atoms with van der Waals surface area (Å²) >= 11 is 6.97. The highest BCUT2D eigenvalue weighted by Gasteiger charge is 2.17. The van der Waals surface area contributed by atoms with E-state index >= 15 is 0 Å². The molecule has 0 unspecified atom stereocenters. The lowest BCUT2D eigenvalue weighted by molar-refractivity contribution is 0.504. The Morgan fingerprint density at radius 1 is 1.09 bits per heavy atom. The maximum atomic E-state index is 13.7. The molecule has 0 aliphatic heterocycles. The van der Waals surface area contributed by atoms with Crippen LogP contribution in [0.3, 0.4) is 0 Å². The van der Waals surface area contributed by atoms with E-state index in [4.69, 9.17) is 16.9 Å². The molecule has 0 saturated heterocycles. The van der Waals surface area contributed by atoms with Crippen molar-refractivity contribution in [3.8, 4) is 6.07 Å². The number of aromatic nitrogens is 1. The average Bonchev–Trinajstić information content (AvgIpc) is 2.89. The van der Waals surface area contributed by atoms with Crippen molar-refractivity contribution < 1.29 is 13.2 Å². The number of benzene rings is 2. The lowest BCUT2D eigenvalue weighted by atomic mass is 10.1. The van der Waals surface area contributed by atoms with Gasteiger partial charge in [-0.05, 0) is 23.3 Å². The van der Waals surface area contributed by atoms with Gasteiger partial charge in [0.25, 0.3) is 0 Å². The molecule has 0 amide bonds. The Labute approximate surface area is 138 Å². The molecule has 2 aromatic carbocycles. The number of hydrogen-bond donors (Lipinski definition) is 0. The molecule has 0 fully saturated rings. The van der Waals surface area contributed by atoms with Gasteiger partial charge in [0, 0.05) is 17.5 Å². The summed E-state index contributed by atoms with van der Waals surface area (Å²) in [5.74, 6) is -3.25. The first-order valence-corrected chi connectivity index (χ1v) is 7.75. The van der Waals surface area contributed by atoms with Gasteiger partial charge in [-0.15, -0.1) is 11.3 Å². The predicted octanol–water partition coefficient (Wildman–Crippen LogP) is 5.02. The lowest BCUT2D eigenvalue weighted by Gasteiger charge is -2.02. The van der Waals surface area contributed by atoms with E-state index in [9.17, 15) is 13.2 Å². The molecule has 0 saturated carbocycles. The Balaban J connectivity index is 2.01. The molecule has 0 spiro atoms. The maximum absolute atomic E-state index is 13.7. The van der Waals surface area contributed by atoms with Gasteiger partial charge in [0.15, 0.2) is 11.6 Å². The van der Waals surface area contributed by atoms with Crippen LogP contribution in [0.15, 0.2) is 24.3 Å². The molecular weight excluding hydrogens is 345 g/mol. The van der Waals surface area contributed by atoms with Gasteiger partial charge >= 0.3 is 0 Å². The van der Waals surface area contributed by atoms with Crippen molar-refractivity contribution in [1.29, 1.82) is 5.26 Å². The van der Waals surface area contributed by atoms with Gasteiger partial charge in [-0.25, -0.2) is 18.2 Å². The molecular formula is C16H8ClF3N2S. The summed E-state index contributed by atoms with van der Waals surface area (Å²) in [7, 11) is 0. The molecule has 0 N–H and O–H groups in total. The van der Waals surface area contributed by atoms with Crippen molar-refractivity contribution >= 4 is 33.2 Å². The molecule has 0 radical (unpaired) electrons. The highest BCUT2D eigenvalue weighted by molar-refractivity contribution is 7.18. The average molecular weight is 353 g/mol. The number of thiazole rings is 1. The number of rotatable bonds is 3. The first-order chi connectivity index (χ1) is 11.0. The third kappa shape index (κ3) is 3.16. The molecule has 0 aliphatic carbocycles. The minimum Gasteiger partial charge on any atom is -0.238 e. The Morgan fingerprint density at radius 2 is 1.83 bits per heavy atom. The van der Waals surface area contributed by atoms with Crippen LogP contribution in [0.25, 0.3) is 10.2 Å². The van der Waals surface area contributed by atoms with Crippen molar-refractivity contribution in [2.45, 2.75) is 12.8 Å². The van der Waals surface area contributed by atoms with E-state index in [-0.39, 0.29) is 16.6 Å². The van der Waals surface area contributed by atoms with Gasteiger partial charge in [-0.3, -0.25) is 0 Å². The summed E-state index contributed by atoms with van der Waals surface area (Å²) in [6, 6.07) is 7.71. The number of nitrogens with zero attached hydrogens (tertiary/aromatic N) is 2. The van der Waals surface area contributed by atoms with Gasteiger partial charge in [0.2, 0.25) is 0 Å². The molecule has 2 nitrogen and oxygen atoms in total. The summed E-state index contributed by atoms with van der Waals surface area (Å²) in [5.41, 5.74) is 1.21. The van der Waals surface area contributed by atoms with E-state index in [0.717, 1.165) is 22.5 Å². The second-order valence-corrected chi connectivity index (χ2v) is 6.44. The molecule has 3 aromatic rings. The molecule has 1 heterocycles. The fourth-order valence-corrected chi connectivity index (χ4v) is 3.57. The minimum absolute atomic E-state index is 0.0156. The molecule has 7 heteroatoms. The molecule has 116 valence electrons. The molecule has 1 aromatic heterocycles. The van der Waals surface area contributed by atoms with Crippen molar-refractivity contribution in [1.82, 2.24) is 4.98 Å². The maximum Gasteiger partial charge on any atom is 0.186 e. The first kappa shape index (κ1) is 15.8. The van der Waals surface area contributed by atoms with Crippen LogP contribution in [0.2, 0.25) is 5.02 Å². The first-order valence-electron chi connectivity index (χ1n) is 6.56. The van der Waals surface area contributed by atoms with Crippen LogP contribution in [0.5, 0.6) is 0 Å². The van der Waals surface area contributed by atoms with Crippen LogP contribution in [0.1, 0.15) is 16.1 Å². The van der Waals surface area contributed by atoms with E-state index in [1.54, 1.807) is 18.2 Å². The molecule has 0 aliphatic rings. The number of fused-ring (bicyclic) bond motifs is 1. The normalized spacial score (nSPS) is 10.9. The summed E-state index contributed by atoms with van der Waals surface area (Å²) in [6.45, 7) is 0. The second-order valence-electron chi connectivity index (χ2n) is 4.92. The van der Waals surface area contributed by atoms with E-state index in [1.165, 1.54) is 0 Å². The smallest absolute Gasteiger partial charge is 0.186 e. The van der Waals surface area contributed by atoms with Gasteiger partial charge in [-0.2, -0.15) is 5.26 Å². The van der Waals surface area contributed by atoms with E-state index < -0.39 is 17.5 Å². The highest BCUT2D eigenvalue weighted by Crippen LogP contribution is 2.30. The van der Waals surface area contributed by atoms with Crippen LogP contribution in [0.4, 0.5) is 13.2 Å². The number of hydrogen-bond acceptors (Lipinski definition) is 3. The van der Waals surface area contributed by atoms with Crippen molar-refractivity contribution in [2.75, 3.05) is 0 Å². The Bertz CT molecular complexity index is 947. The van der Waals surface area contributed by atoms with Crippen molar-refractivity contribution in [3.05, 3.63) is 62.9 Å². The summed E-state index contributed by atoms with van der Waals surface area (Å²) in [5, 5.41) is 9.66. The molecule has 3 rings (SSSR count). The summed E-state index contributed by atoms with van der Waals surface area (Å²) in [4.78, 5) is 3.99. The Morgan fingerprint density at radius 3 is 2.57 bits per heavy atom. The summed E-state index contributed by atoms with van der Waals surface area (Å²) < 4.78 is 40.6. The number of halogens is 4. The second kappa shape index (κ2) is 6.19. The third-order valence-corrected chi connectivity index (χ3v) is 4.50.